The van der Waals surface area contributed by atoms with Crippen molar-refractivity contribution in [3.8, 4) is 5.75 Å². The van der Waals surface area contributed by atoms with Crippen LogP contribution in [0.15, 0.2) is 18.2 Å². The molecule has 1 fully saturated rings. The Morgan fingerprint density at radius 3 is 2.85 bits per heavy atom. The third-order valence-corrected chi connectivity index (χ3v) is 5.15. The molecule has 1 aromatic carbocycles. The molecule has 3 N–H and O–H groups in total. The molecule has 2 amide bonds. The van der Waals surface area contributed by atoms with Crippen molar-refractivity contribution in [3.63, 3.8) is 0 Å². The summed E-state index contributed by atoms with van der Waals surface area (Å²) in [6.07, 6.45) is 1.90. The molecule has 8 heteroatoms. The van der Waals surface area contributed by atoms with Crippen molar-refractivity contribution in [1.82, 2.24) is 10.6 Å². The molecule has 0 bridgehead atoms. The average Bonchev–Trinajstić information content (AvgIpc) is 3.44. The smallest absolute Gasteiger partial charge is 0.251 e. The van der Waals surface area contributed by atoms with Crippen LogP contribution in [0.25, 0.3) is 0 Å². The SMILES string of the molecule is COCCNC(=O)c1ccc2c(c1)N(C)[C@H](CC(=O)NC1(CO)CC1)CO2. The zero-order valence-corrected chi connectivity index (χ0v) is 15.8. The van der Waals surface area contributed by atoms with Crippen LogP contribution in [0.2, 0.25) is 0 Å². The summed E-state index contributed by atoms with van der Waals surface area (Å²) in [6.45, 7) is 1.25. The number of carbonyl (C=O) groups is 2. The van der Waals surface area contributed by atoms with Crippen LogP contribution in [0.4, 0.5) is 5.69 Å². The third-order valence-electron chi connectivity index (χ3n) is 5.15. The lowest BCUT2D eigenvalue weighted by Crippen LogP contribution is -2.47. The van der Waals surface area contributed by atoms with Gasteiger partial charge in [0.15, 0.2) is 0 Å². The second-order valence-electron chi connectivity index (χ2n) is 7.20. The number of fused-ring (bicyclic) bond motifs is 1. The number of anilines is 1. The van der Waals surface area contributed by atoms with Crippen LogP contribution < -0.4 is 20.3 Å². The Morgan fingerprint density at radius 2 is 2.19 bits per heavy atom. The fourth-order valence-electron chi connectivity index (χ4n) is 3.15. The van der Waals surface area contributed by atoms with Gasteiger partial charge in [-0.3, -0.25) is 9.59 Å². The number of hydrogen-bond acceptors (Lipinski definition) is 6. The molecule has 0 unspecified atom stereocenters. The average molecular weight is 377 g/mol. The quantitative estimate of drug-likeness (QED) is 0.563. The number of rotatable bonds is 8. The van der Waals surface area contributed by atoms with E-state index in [1.807, 2.05) is 11.9 Å². The fourth-order valence-corrected chi connectivity index (χ4v) is 3.15. The Balaban J connectivity index is 1.64. The number of likely N-dealkylation sites (N-methyl/N-ethyl adjacent to an activating group) is 1. The largest absolute Gasteiger partial charge is 0.489 e. The number of ether oxygens (including phenoxy) is 2. The number of benzene rings is 1. The first-order chi connectivity index (χ1) is 13.0. The summed E-state index contributed by atoms with van der Waals surface area (Å²) in [5.74, 6) is 0.414. The zero-order valence-electron chi connectivity index (χ0n) is 15.8. The Kier molecular flexibility index (Phi) is 5.86. The topological polar surface area (TPSA) is 100 Å². The van der Waals surface area contributed by atoms with Crippen molar-refractivity contribution in [1.29, 1.82) is 0 Å². The van der Waals surface area contributed by atoms with Crippen LogP contribution in [-0.4, -0.2) is 69.0 Å². The van der Waals surface area contributed by atoms with Gasteiger partial charge >= 0.3 is 0 Å². The number of methoxy groups -OCH3 is 1. The van der Waals surface area contributed by atoms with Gasteiger partial charge in [0, 0.05) is 26.3 Å². The van der Waals surface area contributed by atoms with Gasteiger partial charge in [-0.05, 0) is 31.0 Å². The van der Waals surface area contributed by atoms with E-state index in [2.05, 4.69) is 10.6 Å². The molecule has 1 heterocycles. The van der Waals surface area contributed by atoms with Gasteiger partial charge in [-0.15, -0.1) is 0 Å². The highest BCUT2D eigenvalue weighted by atomic mass is 16.5. The number of carbonyl (C=O) groups excluding carboxylic acids is 2. The number of aliphatic hydroxyl groups excluding tert-OH is 1. The van der Waals surface area contributed by atoms with Gasteiger partial charge in [0.05, 0.1) is 36.9 Å². The first-order valence-electron chi connectivity index (χ1n) is 9.17. The van der Waals surface area contributed by atoms with Gasteiger partial charge in [0.1, 0.15) is 12.4 Å². The van der Waals surface area contributed by atoms with Crippen molar-refractivity contribution in [2.75, 3.05) is 45.4 Å². The standard InChI is InChI=1S/C19H27N3O5/c1-22-14(10-17(24)21-19(12-23)5-6-19)11-27-16-4-3-13(9-15(16)22)18(25)20-7-8-26-2/h3-4,9,14,23H,5-8,10-12H2,1-2H3,(H,20,25)(H,21,24)/t14-/m1/s1. The van der Waals surface area contributed by atoms with E-state index >= 15 is 0 Å². The van der Waals surface area contributed by atoms with Gasteiger partial charge < -0.3 is 30.1 Å². The number of aliphatic hydroxyl groups is 1. The monoisotopic (exact) mass is 377 g/mol. The highest BCUT2D eigenvalue weighted by Gasteiger charge is 2.43. The van der Waals surface area contributed by atoms with E-state index in [0.29, 0.717) is 31.1 Å². The Bertz CT molecular complexity index is 705. The molecule has 1 aromatic rings. The van der Waals surface area contributed by atoms with Gasteiger partial charge in [-0.1, -0.05) is 0 Å². The van der Waals surface area contributed by atoms with Crippen LogP contribution in [0.1, 0.15) is 29.6 Å². The van der Waals surface area contributed by atoms with Gasteiger partial charge in [0.2, 0.25) is 5.91 Å². The summed E-state index contributed by atoms with van der Waals surface area (Å²) >= 11 is 0. The first kappa shape index (κ1) is 19.4. The molecule has 1 saturated carbocycles. The zero-order chi connectivity index (χ0) is 19.4. The van der Waals surface area contributed by atoms with E-state index < -0.39 is 5.54 Å². The third kappa shape index (κ3) is 4.51. The summed E-state index contributed by atoms with van der Waals surface area (Å²) < 4.78 is 10.7. The van der Waals surface area contributed by atoms with Crippen molar-refractivity contribution in [3.05, 3.63) is 23.8 Å². The maximum Gasteiger partial charge on any atom is 0.251 e. The predicted molar refractivity (Wildman–Crippen MR) is 100 cm³/mol. The Labute approximate surface area is 158 Å². The van der Waals surface area contributed by atoms with E-state index in [0.717, 1.165) is 18.5 Å². The summed E-state index contributed by atoms with van der Waals surface area (Å²) in [5, 5.41) is 15.1. The second kappa shape index (κ2) is 8.14. The van der Waals surface area contributed by atoms with Gasteiger partial charge in [0.25, 0.3) is 5.91 Å². The summed E-state index contributed by atoms with van der Waals surface area (Å²) in [5.41, 5.74) is 0.889. The van der Waals surface area contributed by atoms with Crippen molar-refractivity contribution in [2.45, 2.75) is 30.8 Å². The van der Waals surface area contributed by atoms with E-state index in [4.69, 9.17) is 9.47 Å². The number of hydrogen-bond donors (Lipinski definition) is 3. The molecule has 0 spiro atoms. The predicted octanol–water partition coefficient (Wildman–Crippen LogP) is 0.291. The number of amides is 2. The van der Waals surface area contributed by atoms with E-state index in [9.17, 15) is 14.7 Å². The molecule has 0 aromatic heterocycles. The Hall–Kier alpha value is -2.32. The maximum atomic E-state index is 12.3. The molecule has 1 atom stereocenters. The summed E-state index contributed by atoms with van der Waals surface area (Å²) in [7, 11) is 3.48. The molecule has 8 nitrogen and oxygen atoms in total. The summed E-state index contributed by atoms with van der Waals surface area (Å²) in [4.78, 5) is 26.6. The van der Waals surface area contributed by atoms with Crippen molar-refractivity contribution < 1.29 is 24.2 Å². The highest BCUT2D eigenvalue weighted by molar-refractivity contribution is 5.95. The van der Waals surface area contributed by atoms with Crippen LogP contribution in [0, 0.1) is 0 Å². The lowest BCUT2D eigenvalue weighted by molar-refractivity contribution is -0.123. The van der Waals surface area contributed by atoms with E-state index in [-0.39, 0.29) is 30.9 Å². The molecular formula is C19H27N3O5. The molecule has 3 rings (SSSR count). The molecule has 1 aliphatic carbocycles. The van der Waals surface area contributed by atoms with Gasteiger partial charge in [-0.2, -0.15) is 0 Å². The fraction of sp³-hybridized carbons (Fsp3) is 0.579. The van der Waals surface area contributed by atoms with Crippen LogP contribution in [0.3, 0.4) is 0 Å². The second-order valence-corrected chi connectivity index (χ2v) is 7.20. The van der Waals surface area contributed by atoms with E-state index in [1.54, 1.807) is 25.3 Å². The normalized spacial score (nSPS) is 19.7. The lowest BCUT2D eigenvalue weighted by atomic mass is 10.1. The van der Waals surface area contributed by atoms with Crippen LogP contribution in [-0.2, 0) is 9.53 Å². The minimum Gasteiger partial charge on any atom is -0.489 e. The summed E-state index contributed by atoms with van der Waals surface area (Å²) in [6, 6.07) is 5.13. The van der Waals surface area contributed by atoms with Crippen molar-refractivity contribution in [2.24, 2.45) is 0 Å². The Morgan fingerprint density at radius 1 is 1.41 bits per heavy atom. The number of nitrogens with one attached hydrogen (secondary N) is 2. The molecule has 27 heavy (non-hydrogen) atoms. The lowest BCUT2D eigenvalue weighted by Gasteiger charge is -2.36. The molecule has 0 saturated heterocycles. The van der Waals surface area contributed by atoms with Crippen molar-refractivity contribution >= 4 is 17.5 Å². The molecule has 2 aliphatic rings. The minimum absolute atomic E-state index is 0.0277. The van der Waals surface area contributed by atoms with E-state index in [1.165, 1.54) is 0 Å². The van der Waals surface area contributed by atoms with Crippen LogP contribution >= 0.6 is 0 Å². The molecule has 1 aliphatic heterocycles. The van der Waals surface area contributed by atoms with Crippen LogP contribution in [0.5, 0.6) is 5.75 Å². The molecule has 0 radical (unpaired) electrons. The molecular weight excluding hydrogens is 350 g/mol. The highest BCUT2D eigenvalue weighted by Crippen LogP contribution is 2.36. The number of nitrogens with zero attached hydrogens (tertiary/aromatic N) is 1. The first-order valence-corrected chi connectivity index (χ1v) is 9.17. The maximum absolute atomic E-state index is 12.3. The molecule has 148 valence electrons. The minimum atomic E-state index is -0.420. The van der Waals surface area contributed by atoms with Gasteiger partial charge in [-0.25, -0.2) is 0 Å².